The molecule has 2 aromatic heterocycles. The Bertz CT molecular complexity index is 1080. The molecule has 0 bridgehead atoms. The van der Waals surface area contributed by atoms with Gasteiger partial charge in [0.25, 0.3) is 0 Å². The summed E-state index contributed by atoms with van der Waals surface area (Å²) < 4.78 is 20.1. The van der Waals surface area contributed by atoms with Crippen molar-refractivity contribution < 1.29 is 18.7 Å². The van der Waals surface area contributed by atoms with Crippen molar-refractivity contribution >= 4 is 17.1 Å². The molecule has 3 aromatic rings. The molecule has 6 nitrogen and oxygen atoms in total. The van der Waals surface area contributed by atoms with Crippen LogP contribution in [0.25, 0.3) is 22.4 Å². The normalized spacial score (nSPS) is 12.2. The lowest BCUT2D eigenvalue weighted by atomic mass is 9.99. The fourth-order valence-electron chi connectivity index (χ4n) is 2.93. The van der Waals surface area contributed by atoms with Gasteiger partial charge in [0.05, 0.1) is 11.4 Å². The molecule has 0 saturated carbocycles. The van der Waals surface area contributed by atoms with E-state index in [1.807, 2.05) is 0 Å². The molecule has 0 radical (unpaired) electrons. The molecule has 0 aliphatic rings. The van der Waals surface area contributed by atoms with E-state index in [0.29, 0.717) is 10.9 Å². The predicted octanol–water partition coefficient (Wildman–Crippen LogP) is 3.94. The Morgan fingerprint density at radius 1 is 1.35 bits per heavy atom. The molecule has 134 valence electrons. The van der Waals surface area contributed by atoms with Gasteiger partial charge in [-0.2, -0.15) is 0 Å². The summed E-state index contributed by atoms with van der Waals surface area (Å²) in [6.07, 6.45) is 0.213. The number of fused-ring (bicyclic) bond motifs is 1. The molecule has 26 heavy (non-hydrogen) atoms. The molecule has 1 unspecified atom stereocenters. The van der Waals surface area contributed by atoms with E-state index in [1.165, 1.54) is 18.3 Å². The molecular weight excluding hydrogens is 339 g/mol. The highest BCUT2D eigenvalue weighted by atomic mass is 19.1. The third-order valence-corrected chi connectivity index (χ3v) is 4.17. The molecule has 3 rings (SSSR count). The standard InChI is InChI=1S/C19H17FN2O4/c1-9-7-12(11(3)22-19(24)25)18-13(8-9)16(23)10(2)17(26-18)15-14(20)5-4-6-21-15/h4-8,11,22H,1-3H3,(H,24,25). The lowest BCUT2D eigenvalue weighted by molar-refractivity contribution is 0.191. The molecule has 7 heteroatoms. The van der Waals surface area contributed by atoms with Gasteiger partial charge >= 0.3 is 6.09 Å². The molecule has 2 heterocycles. The Kier molecular flexibility index (Phi) is 4.46. The number of pyridine rings is 1. The van der Waals surface area contributed by atoms with E-state index in [2.05, 4.69) is 10.3 Å². The average Bonchev–Trinajstić information content (AvgIpc) is 2.58. The molecule has 1 amide bonds. The number of nitrogens with one attached hydrogen (secondary N) is 1. The zero-order valence-corrected chi connectivity index (χ0v) is 14.5. The molecule has 0 saturated heterocycles. The van der Waals surface area contributed by atoms with Gasteiger partial charge in [-0.1, -0.05) is 6.07 Å². The van der Waals surface area contributed by atoms with Crippen molar-refractivity contribution in [2.75, 3.05) is 0 Å². The van der Waals surface area contributed by atoms with Crippen LogP contribution in [0.5, 0.6) is 0 Å². The molecule has 0 aliphatic heterocycles. The van der Waals surface area contributed by atoms with E-state index in [-0.39, 0.29) is 28.0 Å². The quantitative estimate of drug-likeness (QED) is 0.741. The second-order valence-electron chi connectivity index (χ2n) is 6.12. The summed E-state index contributed by atoms with van der Waals surface area (Å²) in [6.45, 7) is 5.00. The lowest BCUT2D eigenvalue weighted by Crippen LogP contribution is -2.25. The van der Waals surface area contributed by atoms with Crippen LogP contribution in [0.15, 0.2) is 39.7 Å². The van der Waals surface area contributed by atoms with Gasteiger partial charge < -0.3 is 14.8 Å². The van der Waals surface area contributed by atoms with Gasteiger partial charge in [0.1, 0.15) is 11.3 Å². The number of aromatic nitrogens is 1. The number of benzene rings is 1. The summed E-state index contributed by atoms with van der Waals surface area (Å²) in [5.41, 5.74) is 1.37. The van der Waals surface area contributed by atoms with Crippen LogP contribution in [0, 0.1) is 19.7 Å². The van der Waals surface area contributed by atoms with Crippen LogP contribution in [-0.4, -0.2) is 16.2 Å². The van der Waals surface area contributed by atoms with Crippen molar-refractivity contribution in [2.24, 2.45) is 0 Å². The van der Waals surface area contributed by atoms with Crippen LogP contribution in [-0.2, 0) is 0 Å². The van der Waals surface area contributed by atoms with Gasteiger partial charge in [0, 0.05) is 17.3 Å². The first-order valence-corrected chi connectivity index (χ1v) is 7.98. The van der Waals surface area contributed by atoms with Gasteiger partial charge in [-0.3, -0.25) is 4.79 Å². The molecule has 1 atom stereocenters. The van der Waals surface area contributed by atoms with Crippen molar-refractivity contribution in [2.45, 2.75) is 26.8 Å². The fourth-order valence-corrected chi connectivity index (χ4v) is 2.93. The first-order valence-electron chi connectivity index (χ1n) is 7.98. The van der Waals surface area contributed by atoms with Crippen molar-refractivity contribution in [3.8, 4) is 11.5 Å². The van der Waals surface area contributed by atoms with Crippen LogP contribution in [0.2, 0.25) is 0 Å². The molecule has 0 aliphatic carbocycles. The van der Waals surface area contributed by atoms with Crippen molar-refractivity contribution in [3.05, 3.63) is 63.2 Å². The summed E-state index contributed by atoms with van der Waals surface area (Å²) in [5.74, 6) is -0.573. The van der Waals surface area contributed by atoms with Crippen LogP contribution in [0.1, 0.15) is 29.7 Å². The lowest BCUT2D eigenvalue weighted by Gasteiger charge is -2.16. The van der Waals surface area contributed by atoms with Gasteiger partial charge in [-0.15, -0.1) is 0 Å². The number of hydrogen-bond acceptors (Lipinski definition) is 4. The summed E-state index contributed by atoms with van der Waals surface area (Å²) in [7, 11) is 0. The van der Waals surface area contributed by atoms with Crippen LogP contribution in [0.4, 0.5) is 9.18 Å². The maximum Gasteiger partial charge on any atom is 0.405 e. The Labute approximate surface area is 148 Å². The second-order valence-corrected chi connectivity index (χ2v) is 6.12. The average molecular weight is 356 g/mol. The third-order valence-electron chi connectivity index (χ3n) is 4.17. The zero-order valence-electron chi connectivity index (χ0n) is 14.5. The number of rotatable bonds is 3. The topological polar surface area (TPSA) is 92.4 Å². The number of hydrogen-bond donors (Lipinski definition) is 2. The predicted molar refractivity (Wildman–Crippen MR) is 94.7 cm³/mol. The van der Waals surface area contributed by atoms with E-state index in [9.17, 15) is 14.0 Å². The highest BCUT2D eigenvalue weighted by Crippen LogP contribution is 2.30. The monoisotopic (exact) mass is 356 g/mol. The number of nitrogens with zero attached hydrogens (tertiary/aromatic N) is 1. The Morgan fingerprint density at radius 3 is 2.73 bits per heavy atom. The smallest absolute Gasteiger partial charge is 0.405 e. The van der Waals surface area contributed by atoms with Crippen molar-refractivity contribution in [3.63, 3.8) is 0 Å². The summed E-state index contributed by atoms with van der Waals surface area (Å²) in [6, 6.07) is 5.46. The number of halogens is 1. The number of aryl methyl sites for hydroxylation is 1. The van der Waals surface area contributed by atoms with E-state index in [0.717, 1.165) is 5.56 Å². The second kappa shape index (κ2) is 6.59. The minimum atomic E-state index is -1.20. The van der Waals surface area contributed by atoms with E-state index in [4.69, 9.17) is 9.52 Å². The fraction of sp³-hybridized carbons (Fsp3) is 0.211. The molecule has 1 aromatic carbocycles. The molecule has 0 spiro atoms. The minimum Gasteiger partial charge on any atom is -0.465 e. The summed E-state index contributed by atoms with van der Waals surface area (Å²) in [5, 5.41) is 11.7. The van der Waals surface area contributed by atoms with Crippen molar-refractivity contribution in [1.82, 2.24) is 10.3 Å². The Morgan fingerprint density at radius 2 is 2.08 bits per heavy atom. The Hall–Kier alpha value is -3.22. The molecular formula is C19H17FN2O4. The summed E-state index contributed by atoms with van der Waals surface area (Å²) >= 11 is 0. The molecule has 0 fully saturated rings. The first-order chi connectivity index (χ1) is 12.3. The van der Waals surface area contributed by atoms with Gasteiger partial charge in [-0.25, -0.2) is 14.2 Å². The largest absolute Gasteiger partial charge is 0.465 e. The van der Waals surface area contributed by atoms with Crippen molar-refractivity contribution in [1.29, 1.82) is 0 Å². The SMILES string of the molecule is Cc1cc(C(C)NC(=O)O)c2oc(-c3ncccc3F)c(C)c(=O)c2c1. The van der Waals surface area contributed by atoms with Crippen LogP contribution in [0.3, 0.4) is 0 Å². The third kappa shape index (κ3) is 3.03. The number of carbonyl (C=O) groups is 1. The highest BCUT2D eigenvalue weighted by Gasteiger charge is 2.21. The van der Waals surface area contributed by atoms with Gasteiger partial charge in [-0.05, 0) is 44.5 Å². The summed E-state index contributed by atoms with van der Waals surface area (Å²) in [4.78, 5) is 27.8. The maximum absolute atomic E-state index is 14.2. The van der Waals surface area contributed by atoms with Crippen LogP contribution < -0.4 is 10.7 Å². The Balaban J connectivity index is 2.36. The maximum atomic E-state index is 14.2. The van der Waals surface area contributed by atoms with Gasteiger partial charge in [0.15, 0.2) is 17.0 Å². The van der Waals surface area contributed by atoms with E-state index < -0.39 is 18.0 Å². The van der Waals surface area contributed by atoms with E-state index in [1.54, 1.807) is 32.9 Å². The van der Waals surface area contributed by atoms with Gasteiger partial charge in [0.2, 0.25) is 0 Å². The first kappa shape index (κ1) is 17.6. The number of carboxylic acid groups (broad SMARTS) is 1. The van der Waals surface area contributed by atoms with Crippen LogP contribution >= 0.6 is 0 Å². The zero-order chi connectivity index (χ0) is 19.0. The molecule has 2 N–H and O–H groups in total. The van der Waals surface area contributed by atoms with E-state index >= 15 is 0 Å². The minimum absolute atomic E-state index is 0.0354. The highest BCUT2D eigenvalue weighted by molar-refractivity contribution is 5.84. The number of amides is 1.